The largest absolute Gasteiger partial charge is 0.399 e. The fourth-order valence-corrected chi connectivity index (χ4v) is 2.88. The predicted octanol–water partition coefficient (Wildman–Crippen LogP) is 3.17. The molecular formula is C17H18N2O. The van der Waals surface area contributed by atoms with Crippen molar-refractivity contribution < 1.29 is 4.79 Å². The number of nitrogens with zero attached hydrogens (tertiary/aromatic N) is 1. The topological polar surface area (TPSA) is 46.3 Å². The van der Waals surface area contributed by atoms with Crippen LogP contribution in [0.25, 0.3) is 0 Å². The first kappa shape index (κ1) is 12.7. The Bertz CT molecular complexity index is 678. The van der Waals surface area contributed by atoms with Crippen LogP contribution in [0.3, 0.4) is 0 Å². The number of anilines is 2. The van der Waals surface area contributed by atoms with Crippen molar-refractivity contribution in [1.82, 2.24) is 0 Å². The number of nitrogens with two attached hydrogens (primary N) is 1. The van der Waals surface area contributed by atoms with E-state index in [-0.39, 0.29) is 11.9 Å². The van der Waals surface area contributed by atoms with E-state index in [1.165, 1.54) is 0 Å². The molecule has 2 N–H and O–H groups in total. The van der Waals surface area contributed by atoms with Gasteiger partial charge in [-0.05, 0) is 56.2 Å². The molecule has 1 unspecified atom stereocenters. The normalized spacial score (nSPS) is 17.1. The Morgan fingerprint density at radius 1 is 1.25 bits per heavy atom. The number of hydrogen-bond donors (Lipinski definition) is 1. The molecule has 0 radical (unpaired) electrons. The molecule has 1 atom stereocenters. The van der Waals surface area contributed by atoms with E-state index in [0.717, 1.165) is 34.5 Å². The zero-order chi connectivity index (χ0) is 14.3. The zero-order valence-electron chi connectivity index (χ0n) is 11.8. The van der Waals surface area contributed by atoms with Crippen molar-refractivity contribution in [2.45, 2.75) is 26.3 Å². The van der Waals surface area contributed by atoms with Crippen molar-refractivity contribution in [2.24, 2.45) is 0 Å². The third kappa shape index (κ3) is 2.05. The Hall–Kier alpha value is -2.29. The quantitative estimate of drug-likeness (QED) is 0.806. The molecule has 2 aromatic carbocycles. The smallest absolute Gasteiger partial charge is 0.258 e. The lowest BCUT2D eigenvalue weighted by Crippen LogP contribution is -2.35. The summed E-state index contributed by atoms with van der Waals surface area (Å²) in [6.07, 6.45) is 0.859. The summed E-state index contributed by atoms with van der Waals surface area (Å²) >= 11 is 0. The first-order chi connectivity index (χ1) is 9.56. The van der Waals surface area contributed by atoms with Gasteiger partial charge in [-0.2, -0.15) is 0 Å². The molecule has 1 aliphatic rings. The molecule has 20 heavy (non-hydrogen) atoms. The first-order valence-corrected chi connectivity index (χ1v) is 6.85. The summed E-state index contributed by atoms with van der Waals surface area (Å²) in [5, 5.41) is 0. The van der Waals surface area contributed by atoms with Crippen molar-refractivity contribution in [3.63, 3.8) is 0 Å². The van der Waals surface area contributed by atoms with Gasteiger partial charge in [-0.1, -0.05) is 17.7 Å². The average molecular weight is 266 g/mol. The van der Waals surface area contributed by atoms with E-state index in [9.17, 15) is 4.79 Å². The van der Waals surface area contributed by atoms with Crippen molar-refractivity contribution in [1.29, 1.82) is 0 Å². The first-order valence-electron chi connectivity index (χ1n) is 6.85. The lowest BCUT2D eigenvalue weighted by Gasteiger charge is -2.23. The van der Waals surface area contributed by atoms with Gasteiger partial charge in [0, 0.05) is 23.0 Å². The molecule has 102 valence electrons. The number of benzene rings is 2. The van der Waals surface area contributed by atoms with Gasteiger partial charge in [0.1, 0.15) is 0 Å². The van der Waals surface area contributed by atoms with E-state index in [4.69, 9.17) is 5.73 Å². The number of hydrogen-bond acceptors (Lipinski definition) is 2. The van der Waals surface area contributed by atoms with Gasteiger partial charge in [0.25, 0.3) is 5.91 Å². The highest BCUT2D eigenvalue weighted by atomic mass is 16.2. The second-order valence-corrected chi connectivity index (χ2v) is 5.49. The number of amides is 1. The number of carbonyl (C=O) groups excluding carboxylic acids is 1. The number of carbonyl (C=O) groups is 1. The molecule has 0 aromatic heterocycles. The fraction of sp³-hybridized carbons (Fsp3) is 0.235. The van der Waals surface area contributed by atoms with Gasteiger partial charge < -0.3 is 10.6 Å². The molecule has 0 spiro atoms. The lowest BCUT2D eigenvalue weighted by molar-refractivity contribution is 0.0981. The number of rotatable bonds is 1. The second kappa shape index (κ2) is 4.67. The van der Waals surface area contributed by atoms with E-state index in [2.05, 4.69) is 6.92 Å². The molecule has 2 aromatic rings. The van der Waals surface area contributed by atoms with Crippen LogP contribution in [0.5, 0.6) is 0 Å². The molecule has 0 bridgehead atoms. The minimum atomic E-state index is 0.0599. The molecule has 3 rings (SSSR count). The van der Waals surface area contributed by atoms with Crippen LogP contribution in [0.15, 0.2) is 42.5 Å². The van der Waals surface area contributed by atoms with Crippen LogP contribution < -0.4 is 10.6 Å². The molecule has 0 fully saturated rings. The van der Waals surface area contributed by atoms with Crippen molar-refractivity contribution >= 4 is 17.3 Å². The predicted molar refractivity (Wildman–Crippen MR) is 82.0 cm³/mol. The van der Waals surface area contributed by atoms with E-state index in [0.29, 0.717) is 0 Å². The Kier molecular flexibility index (Phi) is 2.97. The van der Waals surface area contributed by atoms with Crippen LogP contribution in [-0.4, -0.2) is 11.9 Å². The van der Waals surface area contributed by atoms with E-state index >= 15 is 0 Å². The zero-order valence-corrected chi connectivity index (χ0v) is 11.8. The highest BCUT2D eigenvalue weighted by Crippen LogP contribution is 2.34. The van der Waals surface area contributed by atoms with E-state index in [1.54, 1.807) is 0 Å². The molecule has 1 amide bonds. The molecule has 0 saturated carbocycles. The number of aryl methyl sites for hydroxylation is 1. The monoisotopic (exact) mass is 266 g/mol. The standard InChI is InChI=1S/C17H18N2O/c1-11-4-3-5-13(8-11)17(20)19-12(2)9-14-10-15(18)6-7-16(14)19/h3-8,10,12H,9,18H2,1-2H3. The van der Waals surface area contributed by atoms with Gasteiger partial charge in [-0.15, -0.1) is 0 Å². The molecule has 0 aliphatic carbocycles. The van der Waals surface area contributed by atoms with E-state index < -0.39 is 0 Å². The Labute approximate surface area is 119 Å². The van der Waals surface area contributed by atoms with Gasteiger partial charge in [0.2, 0.25) is 0 Å². The van der Waals surface area contributed by atoms with Crippen LogP contribution >= 0.6 is 0 Å². The highest BCUT2D eigenvalue weighted by molar-refractivity contribution is 6.08. The molecule has 1 heterocycles. The van der Waals surface area contributed by atoms with Crippen LogP contribution in [-0.2, 0) is 6.42 Å². The summed E-state index contributed by atoms with van der Waals surface area (Å²) in [5.41, 5.74) is 10.5. The maximum Gasteiger partial charge on any atom is 0.258 e. The van der Waals surface area contributed by atoms with E-state index in [1.807, 2.05) is 54.3 Å². The van der Waals surface area contributed by atoms with Crippen molar-refractivity contribution in [3.8, 4) is 0 Å². The van der Waals surface area contributed by atoms with Crippen LogP contribution in [0.1, 0.15) is 28.4 Å². The Morgan fingerprint density at radius 3 is 2.80 bits per heavy atom. The summed E-state index contributed by atoms with van der Waals surface area (Å²) in [6.45, 7) is 4.07. The number of fused-ring (bicyclic) bond motifs is 1. The molecule has 0 saturated heterocycles. The van der Waals surface area contributed by atoms with Gasteiger partial charge in [-0.25, -0.2) is 0 Å². The Morgan fingerprint density at radius 2 is 2.05 bits per heavy atom. The van der Waals surface area contributed by atoms with Gasteiger partial charge in [0.05, 0.1) is 0 Å². The third-order valence-corrected chi connectivity index (χ3v) is 3.80. The minimum Gasteiger partial charge on any atom is -0.399 e. The lowest BCUT2D eigenvalue weighted by atomic mass is 10.1. The summed E-state index contributed by atoms with van der Waals surface area (Å²) in [4.78, 5) is 14.6. The summed E-state index contributed by atoms with van der Waals surface area (Å²) < 4.78 is 0. The molecular weight excluding hydrogens is 248 g/mol. The molecule has 3 nitrogen and oxygen atoms in total. The maximum absolute atomic E-state index is 12.8. The van der Waals surface area contributed by atoms with Gasteiger partial charge in [0.15, 0.2) is 0 Å². The highest BCUT2D eigenvalue weighted by Gasteiger charge is 2.31. The number of nitrogen functional groups attached to an aromatic ring is 1. The molecule has 3 heteroatoms. The Balaban J connectivity index is 2.01. The summed E-state index contributed by atoms with van der Waals surface area (Å²) in [5.74, 6) is 0.0599. The fourth-order valence-electron chi connectivity index (χ4n) is 2.88. The van der Waals surface area contributed by atoms with Crippen LogP contribution in [0.4, 0.5) is 11.4 Å². The maximum atomic E-state index is 12.8. The second-order valence-electron chi connectivity index (χ2n) is 5.49. The summed E-state index contributed by atoms with van der Waals surface area (Å²) in [7, 11) is 0. The van der Waals surface area contributed by atoms with Crippen molar-refractivity contribution in [2.75, 3.05) is 10.6 Å². The molecule has 1 aliphatic heterocycles. The third-order valence-electron chi connectivity index (χ3n) is 3.80. The van der Waals surface area contributed by atoms with Gasteiger partial charge >= 0.3 is 0 Å². The van der Waals surface area contributed by atoms with Crippen LogP contribution in [0, 0.1) is 6.92 Å². The summed E-state index contributed by atoms with van der Waals surface area (Å²) in [6, 6.07) is 13.7. The van der Waals surface area contributed by atoms with Crippen molar-refractivity contribution in [3.05, 3.63) is 59.2 Å². The SMILES string of the molecule is Cc1cccc(C(=O)N2c3ccc(N)cc3CC2C)c1. The minimum absolute atomic E-state index is 0.0599. The average Bonchev–Trinajstić information content (AvgIpc) is 2.73. The van der Waals surface area contributed by atoms with Crippen LogP contribution in [0.2, 0.25) is 0 Å². The van der Waals surface area contributed by atoms with Gasteiger partial charge in [-0.3, -0.25) is 4.79 Å².